The van der Waals surface area contributed by atoms with Crippen LogP contribution in [0.15, 0.2) is 40.8 Å². The summed E-state index contributed by atoms with van der Waals surface area (Å²) in [5, 5.41) is 15.7. The average Bonchev–Trinajstić information content (AvgIpc) is 3.36. The highest BCUT2D eigenvalue weighted by Crippen LogP contribution is 2.41. The van der Waals surface area contributed by atoms with Gasteiger partial charge in [-0.1, -0.05) is 48.9 Å². The van der Waals surface area contributed by atoms with Crippen LogP contribution in [-0.2, 0) is 10.0 Å². The number of anilines is 2. The van der Waals surface area contributed by atoms with Crippen LogP contribution >= 0.6 is 11.6 Å². The number of sulfonamides is 1. The van der Waals surface area contributed by atoms with Gasteiger partial charge in [0.1, 0.15) is 5.82 Å². The van der Waals surface area contributed by atoms with Gasteiger partial charge in [0.05, 0.1) is 22.9 Å². The van der Waals surface area contributed by atoms with Crippen molar-refractivity contribution in [3.8, 4) is 11.5 Å². The fourth-order valence-electron chi connectivity index (χ4n) is 4.72. The Hall–Kier alpha value is -2.69. The minimum Gasteiger partial charge on any atom is -0.419 e. The van der Waals surface area contributed by atoms with Gasteiger partial charge in [0, 0.05) is 19.5 Å². The summed E-state index contributed by atoms with van der Waals surface area (Å²) in [5.74, 6) is 2.77. The zero-order valence-electron chi connectivity index (χ0n) is 20.6. The molecule has 0 spiro atoms. The first kappa shape index (κ1) is 25.0. The molecule has 9 nitrogen and oxygen atoms in total. The summed E-state index contributed by atoms with van der Waals surface area (Å²) in [7, 11) is -2.16. The highest BCUT2D eigenvalue weighted by atomic mass is 35.5. The Balaban J connectivity index is 1.50. The molecule has 3 heterocycles. The van der Waals surface area contributed by atoms with E-state index in [0.717, 1.165) is 42.9 Å². The molecule has 1 aliphatic carbocycles. The fraction of sp³-hybridized carbons (Fsp3) is 0.480. The summed E-state index contributed by atoms with van der Waals surface area (Å²) in [4.78, 5) is 4.50. The minimum atomic E-state index is -3.59. The second kappa shape index (κ2) is 9.99. The Bertz CT molecular complexity index is 1330. The van der Waals surface area contributed by atoms with Gasteiger partial charge in [-0.2, -0.15) is 0 Å². The van der Waals surface area contributed by atoms with E-state index >= 15 is 0 Å². The minimum absolute atomic E-state index is 0.112. The van der Waals surface area contributed by atoms with E-state index in [9.17, 15) is 8.42 Å². The molecule has 2 N–H and O–H groups in total. The molecule has 2 fully saturated rings. The number of nitrogens with zero attached hydrogens (tertiary/aromatic N) is 4. The monoisotopic (exact) mass is 530 g/mol. The van der Waals surface area contributed by atoms with Crippen molar-refractivity contribution >= 4 is 33.3 Å². The van der Waals surface area contributed by atoms with E-state index in [1.165, 1.54) is 12.6 Å². The number of pyridine rings is 1. The standard InChI is InChI=1S/C25H31ClN6O3S/c1-15-12-17(15)14-28-20-13-19(21(26)23(29-20)32(2)36(3,33)34)24-30-31-25(35-24)22-18(10-7-11-27-22)16-8-5-4-6-9-16/h4-6,8-9,13,15,17-18,22,27H,7,10-12,14H2,1-3H3,(H,28,29)/t15-,17+,18+,22+/m1/s1. The van der Waals surface area contributed by atoms with E-state index in [4.69, 9.17) is 16.0 Å². The van der Waals surface area contributed by atoms with Crippen LogP contribution in [0.5, 0.6) is 0 Å². The molecule has 0 unspecified atom stereocenters. The second-order valence-corrected chi connectivity index (χ2v) is 12.2. The number of hydrogen-bond donors (Lipinski definition) is 2. The lowest BCUT2D eigenvalue weighted by Gasteiger charge is -2.30. The average molecular weight is 531 g/mol. The molecule has 1 saturated carbocycles. The molecule has 192 valence electrons. The number of rotatable bonds is 8. The second-order valence-electron chi connectivity index (χ2n) is 9.81. The summed E-state index contributed by atoms with van der Waals surface area (Å²) in [6.07, 6.45) is 4.34. The summed E-state index contributed by atoms with van der Waals surface area (Å²) in [6.45, 7) is 3.81. The van der Waals surface area contributed by atoms with E-state index in [1.807, 2.05) is 18.2 Å². The van der Waals surface area contributed by atoms with E-state index in [1.54, 1.807) is 6.07 Å². The van der Waals surface area contributed by atoms with Crippen LogP contribution in [0.25, 0.3) is 11.5 Å². The topological polar surface area (TPSA) is 113 Å². The highest BCUT2D eigenvalue weighted by Gasteiger charge is 2.34. The van der Waals surface area contributed by atoms with E-state index in [0.29, 0.717) is 29.1 Å². The predicted molar refractivity (Wildman–Crippen MR) is 141 cm³/mol. The molecular weight excluding hydrogens is 500 g/mol. The summed E-state index contributed by atoms with van der Waals surface area (Å²) < 4.78 is 31.8. The SMILES string of the molecule is C[C@@H]1C[C@H]1CNc1cc(-c2nnc([C@H]3NCCC[C@H]3c3ccccc3)o2)c(Cl)c(N(C)S(C)(=O)=O)n1. The largest absolute Gasteiger partial charge is 0.419 e. The van der Waals surface area contributed by atoms with Gasteiger partial charge in [-0.25, -0.2) is 13.4 Å². The Kier molecular flexibility index (Phi) is 6.93. The number of aromatic nitrogens is 3. The van der Waals surface area contributed by atoms with Gasteiger partial charge in [0.2, 0.25) is 21.8 Å². The Morgan fingerprint density at radius 2 is 2.00 bits per heavy atom. The van der Waals surface area contributed by atoms with Crippen molar-refractivity contribution in [3.05, 3.63) is 52.9 Å². The van der Waals surface area contributed by atoms with Gasteiger partial charge in [0.25, 0.3) is 0 Å². The third-order valence-corrected chi connectivity index (χ3v) is 8.72. The van der Waals surface area contributed by atoms with Crippen LogP contribution in [0.3, 0.4) is 0 Å². The third-order valence-electron chi connectivity index (χ3n) is 7.18. The van der Waals surface area contributed by atoms with Crippen molar-refractivity contribution in [1.29, 1.82) is 0 Å². The van der Waals surface area contributed by atoms with E-state index < -0.39 is 10.0 Å². The lowest BCUT2D eigenvalue weighted by atomic mass is 9.85. The smallest absolute Gasteiger partial charge is 0.249 e. The number of nitrogens with one attached hydrogen (secondary N) is 2. The predicted octanol–water partition coefficient (Wildman–Crippen LogP) is 4.46. The first-order chi connectivity index (χ1) is 17.2. The molecule has 5 rings (SSSR count). The van der Waals surface area contributed by atoms with Gasteiger partial charge in [0.15, 0.2) is 5.82 Å². The molecule has 1 aliphatic heterocycles. The Morgan fingerprint density at radius 3 is 2.69 bits per heavy atom. The first-order valence-electron chi connectivity index (χ1n) is 12.2. The summed E-state index contributed by atoms with van der Waals surface area (Å²) in [5.41, 5.74) is 1.66. The molecule has 2 aromatic heterocycles. The van der Waals surface area contributed by atoms with Crippen molar-refractivity contribution in [2.45, 2.75) is 38.1 Å². The molecule has 0 amide bonds. The molecule has 36 heavy (non-hydrogen) atoms. The molecule has 4 atom stereocenters. The van der Waals surface area contributed by atoms with E-state index in [-0.39, 0.29) is 28.7 Å². The molecule has 11 heteroatoms. The van der Waals surface area contributed by atoms with Gasteiger partial charge >= 0.3 is 0 Å². The van der Waals surface area contributed by atoms with Crippen molar-refractivity contribution in [2.75, 3.05) is 36.0 Å². The first-order valence-corrected chi connectivity index (χ1v) is 14.5. The molecule has 2 aliphatic rings. The quantitative estimate of drug-likeness (QED) is 0.439. The number of piperidine rings is 1. The normalized spacial score (nSPS) is 23.9. The molecule has 1 saturated heterocycles. The van der Waals surface area contributed by atoms with Crippen molar-refractivity contribution in [3.63, 3.8) is 0 Å². The lowest BCUT2D eigenvalue weighted by Crippen LogP contribution is -2.33. The maximum Gasteiger partial charge on any atom is 0.249 e. The lowest BCUT2D eigenvalue weighted by molar-refractivity contribution is 0.303. The Labute approximate surface area is 216 Å². The van der Waals surface area contributed by atoms with Crippen LogP contribution < -0.4 is 14.9 Å². The summed E-state index contributed by atoms with van der Waals surface area (Å²) in [6, 6.07) is 11.9. The molecule has 0 radical (unpaired) electrons. The van der Waals surface area contributed by atoms with Gasteiger partial charge in [-0.15, -0.1) is 10.2 Å². The van der Waals surface area contributed by atoms with Crippen LogP contribution in [-0.4, -0.2) is 50.0 Å². The van der Waals surface area contributed by atoms with Crippen LogP contribution in [0.4, 0.5) is 11.6 Å². The van der Waals surface area contributed by atoms with Crippen molar-refractivity contribution in [2.24, 2.45) is 11.8 Å². The van der Waals surface area contributed by atoms with Gasteiger partial charge < -0.3 is 15.1 Å². The zero-order chi connectivity index (χ0) is 25.4. The van der Waals surface area contributed by atoms with Crippen LogP contribution in [0.1, 0.15) is 49.6 Å². The fourth-order valence-corrected chi connectivity index (χ4v) is 5.52. The van der Waals surface area contributed by atoms with Crippen molar-refractivity contribution in [1.82, 2.24) is 20.5 Å². The maximum atomic E-state index is 12.3. The van der Waals surface area contributed by atoms with Crippen LogP contribution in [0, 0.1) is 11.8 Å². The molecular formula is C25H31ClN6O3S. The van der Waals surface area contributed by atoms with Crippen LogP contribution in [0.2, 0.25) is 5.02 Å². The van der Waals surface area contributed by atoms with Crippen molar-refractivity contribution < 1.29 is 12.8 Å². The molecule has 3 aromatic rings. The maximum absolute atomic E-state index is 12.3. The zero-order valence-corrected chi connectivity index (χ0v) is 22.2. The van der Waals surface area contributed by atoms with E-state index in [2.05, 4.69) is 44.9 Å². The summed E-state index contributed by atoms with van der Waals surface area (Å²) >= 11 is 6.69. The number of halogens is 1. The highest BCUT2D eigenvalue weighted by molar-refractivity contribution is 7.92. The van der Waals surface area contributed by atoms with Gasteiger partial charge in [-0.05, 0) is 49.3 Å². The number of benzene rings is 1. The molecule has 0 bridgehead atoms. The molecule has 1 aromatic carbocycles. The van der Waals surface area contributed by atoms with Gasteiger partial charge in [-0.3, -0.25) is 4.31 Å². The number of hydrogen-bond acceptors (Lipinski definition) is 8. The Morgan fingerprint density at radius 1 is 1.25 bits per heavy atom. The third kappa shape index (κ3) is 5.21.